The third-order valence-corrected chi connectivity index (χ3v) is 4.77. The Morgan fingerprint density at radius 3 is 1.78 bits per heavy atom. The van der Waals surface area contributed by atoms with Gasteiger partial charge in [0, 0.05) is 13.5 Å². The average Bonchev–Trinajstić information content (AvgIpc) is 2.78. The van der Waals surface area contributed by atoms with E-state index in [-0.39, 0.29) is 5.60 Å². The molecule has 2 heteroatoms. The van der Waals surface area contributed by atoms with E-state index in [9.17, 15) is 0 Å². The zero-order valence-corrected chi connectivity index (χ0v) is 12.1. The molecular formula is C16H30O2. The van der Waals surface area contributed by atoms with Crippen molar-refractivity contribution in [2.45, 2.75) is 88.8 Å². The molecule has 0 radical (unpaired) electrons. The zero-order chi connectivity index (χ0) is 12.7. The molecule has 0 aromatic carbocycles. The van der Waals surface area contributed by atoms with Crippen LogP contribution >= 0.6 is 0 Å². The van der Waals surface area contributed by atoms with Crippen molar-refractivity contribution in [3.8, 4) is 0 Å². The lowest BCUT2D eigenvalue weighted by Crippen LogP contribution is -2.28. The van der Waals surface area contributed by atoms with Gasteiger partial charge in [0.15, 0.2) is 0 Å². The van der Waals surface area contributed by atoms with Crippen LogP contribution in [-0.2, 0) is 9.47 Å². The van der Waals surface area contributed by atoms with Crippen LogP contribution < -0.4 is 0 Å². The molecule has 0 N–H and O–H groups in total. The normalized spacial score (nSPS) is 30.8. The Morgan fingerprint density at radius 2 is 1.33 bits per heavy atom. The summed E-state index contributed by atoms with van der Waals surface area (Å²) in [6, 6.07) is 0. The van der Waals surface area contributed by atoms with Crippen molar-refractivity contribution in [1.29, 1.82) is 0 Å². The molecule has 1 saturated heterocycles. The minimum Gasteiger partial charge on any atom is -0.379 e. The highest BCUT2D eigenvalue weighted by molar-refractivity contribution is 4.89. The van der Waals surface area contributed by atoms with Crippen molar-refractivity contribution in [2.75, 3.05) is 13.7 Å². The number of rotatable bonds is 1. The van der Waals surface area contributed by atoms with E-state index in [2.05, 4.69) is 0 Å². The number of hydrogen-bond donors (Lipinski definition) is 0. The van der Waals surface area contributed by atoms with Crippen LogP contribution in [0, 0.1) is 0 Å². The standard InChI is InChI=1S/C16H30O2/c1-17-15-13-16(18-14-15)11-9-7-5-3-2-4-6-8-10-12-16/h15H,2-14H2,1H3. The van der Waals surface area contributed by atoms with Gasteiger partial charge in [-0.15, -0.1) is 0 Å². The molecule has 18 heavy (non-hydrogen) atoms. The van der Waals surface area contributed by atoms with Crippen molar-refractivity contribution in [1.82, 2.24) is 0 Å². The molecule has 1 atom stereocenters. The molecule has 1 aliphatic heterocycles. The van der Waals surface area contributed by atoms with E-state index in [1.807, 2.05) is 7.11 Å². The van der Waals surface area contributed by atoms with Crippen LogP contribution in [0.5, 0.6) is 0 Å². The van der Waals surface area contributed by atoms with Gasteiger partial charge in [-0.2, -0.15) is 0 Å². The molecule has 106 valence electrons. The predicted octanol–water partition coefficient (Wildman–Crippen LogP) is 4.47. The van der Waals surface area contributed by atoms with E-state index in [4.69, 9.17) is 9.47 Å². The summed E-state index contributed by atoms with van der Waals surface area (Å²) >= 11 is 0. The van der Waals surface area contributed by atoms with Gasteiger partial charge in [0.2, 0.25) is 0 Å². The summed E-state index contributed by atoms with van der Waals surface area (Å²) in [5.74, 6) is 0. The van der Waals surface area contributed by atoms with E-state index in [1.165, 1.54) is 70.6 Å². The van der Waals surface area contributed by atoms with Gasteiger partial charge in [0.25, 0.3) is 0 Å². The Labute approximate surface area is 112 Å². The van der Waals surface area contributed by atoms with Crippen molar-refractivity contribution in [3.63, 3.8) is 0 Å². The van der Waals surface area contributed by atoms with Gasteiger partial charge in [-0.1, -0.05) is 57.8 Å². The first-order chi connectivity index (χ1) is 8.85. The van der Waals surface area contributed by atoms with Crippen LogP contribution in [0.3, 0.4) is 0 Å². The van der Waals surface area contributed by atoms with Gasteiger partial charge < -0.3 is 9.47 Å². The van der Waals surface area contributed by atoms with E-state index >= 15 is 0 Å². The second kappa shape index (κ2) is 7.49. The Kier molecular flexibility index (Phi) is 5.97. The first-order valence-electron chi connectivity index (χ1n) is 8.01. The van der Waals surface area contributed by atoms with E-state index < -0.39 is 0 Å². The fourth-order valence-electron chi connectivity index (χ4n) is 3.56. The summed E-state index contributed by atoms with van der Waals surface area (Å²) in [6.45, 7) is 0.816. The molecule has 0 bridgehead atoms. The fourth-order valence-corrected chi connectivity index (χ4v) is 3.56. The third-order valence-electron chi connectivity index (χ3n) is 4.77. The quantitative estimate of drug-likeness (QED) is 0.687. The predicted molar refractivity (Wildman–Crippen MR) is 74.9 cm³/mol. The Hall–Kier alpha value is -0.0800. The maximum absolute atomic E-state index is 6.16. The SMILES string of the molecule is COC1COC2(CCCCCCCCCCC2)C1. The summed E-state index contributed by atoms with van der Waals surface area (Å²) in [5.41, 5.74) is 0.167. The van der Waals surface area contributed by atoms with Crippen molar-refractivity contribution >= 4 is 0 Å². The summed E-state index contributed by atoms with van der Waals surface area (Å²) in [5, 5.41) is 0. The monoisotopic (exact) mass is 254 g/mol. The van der Waals surface area contributed by atoms with Gasteiger partial charge in [0.05, 0.1) is 18.3 Å². The third kappa shape index (κ3) is 4.24. The number of hydrogen-bond acceptors (Lipinski definition) is 2. The zero-order valence-electron chi connectivity index (χ0n) is 12.1. The largest absolute Gasteiger partial charge is 0.379 e. The van der Waals surface area contributed by atoms with Gasteiger partial charge in [-0.05, 0) is 12.8 Å². The maximum atomic E-state index is 6.16. The minimum absolute atomic E-state index is 0.167. The molecule has 2 nitrogen and oxygen atoms in total. The molecule has 1 aliphatic carbocycles. The van der Waals surface area contributed by atoms with E-state index in [1.54, 1.807) is 0 Å². The molecule has 0 amide bonds. The smallest absolute Gasteiger partial charge is 0.0832 e. The van der Waals surface area contributed by atoms with Gasteiger partial charge >= 0.3 is 0 Å². The van der Waals surface area contributed by atoms with Crippen LogP contribution in [0.2, 0.25) is 0 Å². The van der Waals surface area contributed by atoms with Crippen molar-refractivity contribution in [3.05, 3.63) is 0 Å². The lowest BCUT2D eigenvalue weighted by Gasteiger charge is -2.29. The lowest BCUT2D eigenvalue weighted by atomic mass is 9.86. The Balaban J connectivity index is 1.85. The second-order valence-electron chi connectivity index (χ2n) is 6.24. The fraction of sp³-hybridized carbons (Fsp3) is 1.00. The second-order valence-corrected chi connectivity index (χ2v) is 6.24. The highest BCUT2D eigenvalue weighted by Crippen LogP contribution is 2.37. The highest BCUT2D eigenvalue weighted by Gasteiger charge is 2.39. The molecule has 1 spiro atoms. The molecule has 2 fully saturated rings. The van der Waals surface area contributed by atoms with E-state index in [0.717, 1.165) is 13.0 Å². The summed E-state index contributed by atoms with van der Waals surface area (Å²) in [4.78, 5) is 0. The molecule has 2 aliphatic rings. The first kappa shape index (κ1) is 14.3. The Morgan fingerprint density at radius 1 is 0.833 bits per heavy atom. The molecule has 1 unspecified atom stereocenters. The number of methoxy groups -OCH3 is 1. The van der Waals surface area contributed by atoms with Crippen molar-refractivity contribution < 1.29 is 9.47 Å². The molecule has 1 saturated carbocycles. The average molecular weight is 254 g/mol. The molecule has 0 aromatic rings. The summed E-state index contributed by atoms with van der Waals surface area (Å²) in [7, 11) is 1.82. The molecule has 1 heterocycles. The maximum Gasteiger partial charge on any atom is 0.0832 e. The summed E-state index contributed by atoms with van der Waals surface area (Å²) in [6.07, 6.45) is 16.6. The highest BCUT2D eigenvalue weighted by atomic mass is 16.6. The van der Waals surface area contributed by atoms with Gasteiger partial charge in [-0.3, -0.25) is 0 Å². The topological polar surface area (TPSA) is 18.5 Å². The van der Waals surface area contributed by atoms with E-state index in [0.29, 0.717) is 6.10 Å². The van der Waals surface area contributed by atoms with Gasteiger partial charge in [-0.25, -0.2) is 0 Å². The molecule has 2 rings (SSSR count). The Bertz CT molecular complexity index is 215. The first-order valence-corrected chi connectivity index (χ1v) is 8.01. The summed E-state index contributed by atoms with van der Waals surface area (Å²) < 4.78 is 11.7. The van der Waals surface area contributed by atoms with Crippen LogP contribution in [0.4, 0.5) is 0 Å². The number of ether oxygens (including phenoxy) is 2. The molecular weight excluding hydrogens is 224 g/mol. The van der Waals surface area contributed by atoms with Crippen LogP contribution in [0.15, 0.2) is 0 Å². The lowest BCUT2D eigenvalue weighted by molar-refractivity contribution is -0.0168. The minimum atomic E-state index is 0.167. The van der Waals surface area contributed by atoms with Crippen LogP contribution in [-0.4, -0.2) is 25.4 Å². The van der Waals surface area contributed by atoms with Gasteiger partial charge in [0.1, 0.15) is 0 Å². The van der Waals surface area contributed by atoms with Crippen LogP contribution in [0.1, 0.15) is 77.0 Å². The van der Waals surface area contributed by atoms with Crippen molar-refractivity contribution in [2.24, 2.45) is 0 Å². The molecule has 0 aromatic heterocycles. The van der Waals surface area contributed by atoms with Crippen LogP contribution in [0.25, 0.3) is 0 Å².